The Hall–Kier alpha value is -2.93. The molecule has 1 aromatic heterocycles. The quantitative estimate of drug-likeness (QED) is 0.684. The summed E-state index contributed by atoms with van der Waals surface area (Å²) in [4.78, 5) is 36.4. The molecule has 2 aliphatic heterocycles. The van der Waals surface area contributed by atoms with Crippen molar-refractivity contribution < 1.29 is 19.5 Å². The summed E-state index contributed by atoms with van der Waals surface area (Å²) in [6.07, 6.45) is 3.30. The number of aryl methyl sites for hydroxylation is 1. The van der Waals surface area contributed by atoms with Crippen LogP contribution >= 0.6 is 0 Å². The molecule has 1 fully saturated rings. The minimum absolute atomic E-state index is 0.0177. The van der Waals surface area contributed by atoms with Crippen LogP contribution in [0.1, 0.15) is 44.0 Å². The summed E-state index contributed by atoms with van der Waals surface area (Å²) in [6, 6.07) is 4.34. The lowest BCUT2D eigenvalue weighted by atomic mass is 10.1. The summed E-state index contributed by atoms with van der Waals surface area (Å²) in [5, 5.41) is 23.0. The summed E-state index contributed by atoms with van der Waals surface area (Å²) in [7, 11) is 2.04. The van der Waals surface area contributed by atoms with Crippen molar-refractivity contribution in [2.75, 3.05) is 20.1 Å². The van der Waals surface area contributed by atoms with Crippen molar-refractivity contribution in [1.29, 1.82) is 5.26 Å². The van der Waals surface area contributed by atoms with Crippen molar-refractivity contribution in [2.24, 2.45) is 0 Å². The lowest BCUT2D eigenvalue weighted by Crippen LogP contribution is -2.42. The highest BCUT2D eigenvalue weighted by molar-refractivity contribution is 5.77. The van der Waals surface area contributed by atoms with Crippen LogP contribution in [0.4, 0.5) is 0 Å². The summed E-state index contributed by atoms with van der Waals surface area (Å²) in [6.45, 7) is 3.88. The molecule has 3 rings (SSSR count). The number of carbonyl (C=O) groups is 3. The molecule has 1 aromatic rings. The monoisotopic (exact) mass is 404 g/mol. The molecule has 0 radical (unpaired) electrons. The van der Waals surface area contributed by atoms with E-state index < -0.39 is 0 Å². The van der Waals surface area contributed by atoms with Gasteiger partial charge in [-0.05, 0) is 32.4 Å². The molecule has 158 valence electrons. The third-order valence-corrected chi connectivity index (χ3v) is 5.46. The number of nitrogens with one attached hydrogen (secondary N) is 1. The molecule has 0 aliphatic carbocycles. The van der Waals surface area contributed by atoms with Crippen LogP contribution in [-0.2, 0) is 27.5 Å². The second-order valence-electron chi connectivity index (χ2n) is 7.32. The van der Waals surface area contributed by atoms with E-state index in [0.717, 1.165) is 38.0 Å². The minimum Gasteiger partial charge on any atom is -0.483 e. The van der Waals surface area contributed by atoms with E-state index in [0.29, 0.717) is 31.2 Å². The molecular weight excluding hydrogens is 376 g/mol. The lowest BCUT2D eigenvalue weighted by Gasteiger charge is -2.28. The van der Waals surface area contributed by atoms with Crippen molar-refractivity contribution >= 4 is 18.3 Å². The molecule has 10 nitrogen and oxygen atoms in total. The highest BCUT2D eigenvalue weighted by Gasteiger charge is 2.33. The van der Waals surface area contributed by atoms with Gasteiger partial charge >= 0.3 is 0 Å². The van der Waals surface area contributed by atoms with Gasteiger partial charge in [0.05, 0.1) is 12.2 Å². The van der Waals surface area contributed by atoms with Gasteiger partial charge in [-0.1, -0.05) is 0 Å². The largest absolute Gasteiger partial charge is 0.483 e. The first-order chi connectivity index (χ1) is 13.9. The van der Waals surface area contributed by atoms with Gasteiger partial charge in [0.2, 0.25) is 11.8 Å². The standard InChI is InChI=1S/C18H26N6O2.CH2O2/c1-13(25)20-11-16-5-4-15(22(16)2)9-18(26)23-6-3-7-24-17(12-23)8-14(10-19)21-24;2-1-3/h8,15-16H,3-7,9,11-12H2,1-2H3,(H,20,25);1H,(H,2,3)/t15-,16+;/m0./s1. The van der Waals surface area contributed by atoms with E-state index in [2.05, 4.69) is 21.4 Å². The van der Waals surface area contributed by atoms with Gasteiger partial charge < -0.3 is 15.3 Å². The van der Waals surface area contributed by atoms with Gasteiger partial charge in [0.15, 0.2) is 5.69 Å². The molecule has 2 aliphatic rings. The number of rotatable bonds is 4. The lowest BCUT2D eigenvalue weighted by molar-refractivity contribution is -0.133. The number of carboxylic acid groups (broad SMARTS) is 1. The second kappa shape index (κ2) is 10.6. The zero-order valence-electron chi connectivity index (χ0n) is 16.9. The molecule has 10 heteroatoms. The van der Waals surface area contributed by atoms with Crippen molar-refractivity contribution in [2.45, 2.75) is 57.8 Å². The second-order valence-corrected chi connectivity index (χ2v) is 7.32. The van der Waals surface area contributed by atoms with Gasteiger partial charge in [-0.3, -0.25) is 24.0 Å². The molecular formula is C19H28N6O4. The number of nitriles is 1. The highest BCUT2D eigenvalue weighted by Crippen LogP contribution is 2.25. The Labute approximate surface area is 170 Å². The maximum atomic E-state index is 12.8. The van der Waals surface area contributed by atoms with Crippen molar-refractivity contribution in [3.8, 4) is 6.07 Å². The van der Waals surface area contributed by atoms with Crippen LogP contribution in [0.2, 0.25) is 0 Å². The van der Waals surface area contributed by atoms with Crippen molar-refractivity contribution in [3.63, 3.8) is 0 Å². The van der Waals surface area contributed by atoms with E-state index in [-0.39, 0.29) is 24.3 Å². The summed E-state index contributed by atoms with van der Waals surface area (Å²) < 4.78 is 1.84. The maximum Gasteiger partial charge on any atom is 0.290 e. The van der Waals surface area contributed by atoms with Gasteiger partial charge in [0.25, 0.3) is 6.47 Å². The Morgan fingerprint density at radius 3 is 2.72 bits per heavy atom. The summed E-state index contributed by atoms with van der Waals surface area (Å²) >= 11 is 0. The Bertz CT molecular complexity index is 771. The molecule has 29 heavy (non-hydrogen) atoms. The third kappa shape index (κ3) is 6.02. The number of likely N-dealkylation sites (N-methyl/N-ethyl adjacent to an activating group) is 1. The Morgan fingerprint density at radius 1 is 1.38 bits per heavy atom. The molecule has 2 N–H and O–H groups in total. The number of likely N-dealkylation sites (tertiary alicyclic amines) is 1. The molecule has 0 bridgehead atoms. The number of nitrogens with zero attached hydrogens (tertiary/aromatic N) is 5. The molecule has 0 aromatic carbocycles. The Morgan fingerprint density at radius 2 is 2.07 bits per heavy atom. The van der Waals surface area contributed by atoms with Crippen molar-refractivity contribution in [1.82, 2.24) is 24.9 Å². The normalized spacial score (nSPS) is 21.2. The number of carbonyl (C=O) groups excluding carboxylic acids is 2. The third-order valence-electron chi connectivity index (χ3n) is 5.46. The first kappa shape index (κ1) is 22.4. The predicted molar refractivity (Wildman–Crippen MR) is 104 cm³/mol. The highest BCUT2D eigenvalue weighted by atomic mass is 16.3. The van der Waals surface area contributed by atoms with Crippen LogP contribution in [0.15, 0.2) is 6.07 Å². The van der Waals surface area contributed by atoms with E-state index in [9.17, 15) is 9.59 Å². The van der Waals surface area contributed by atoms with Gasteiger partial charge in [-0.25, -0.2) is 0 Å². The van der Waals surface area contributed by atoms with Crippen LogP contribution in [0.25, 0.3) is 0 Å². The molecule has 1 saturated heterocycles. The summed E-state index contributed by atoms with van der Waals surface area (Å²) in [5.74, 6) is 0.131. The number of hydrogen-bond acceptors (Lipinski definition) is 6. The SMILES string of the molecule is CC(=O)NC[C@H]1CC[C@@H](CC(=O)N2CCCn3nc(C#N)cc3C2)N1C.O=CO. The fourth-order valence-corrected chi connectivity index (χ4v) is 3.90. The van der Waals surface area contributed by atoms with Crippen LogP contribution in [-0.4, -0.2) is 75.2 Å². The van der Waals surface area contributed by atoms with E-state index in [4.69, 9.17) is 15.2 Å². The first-order valence-corrected chi connectivity index (χ1v) is 9.68. The molecule has 2 atom stereocenters. The number of aromatic nitrogens is 2. The van der Waals surface area contributed by atoms with E-state index in [1.54, 1.807) is 6.07 Å². The topological polar surface area (TPSA) is 132 Å². The molecule has 0 unspecified atom stereocenters. The maximum absolute atomic E-state index is 12.8. The zero-order chi connectivity index (χ0) is 21.4. The molecule has 0 saturated carbocycles. The van der Waals surface area contributed by atoms with Gasteiger partial charge in [-0.2, -0.15) is 10.4 Å². The molecule has 3 heterocycles. The average Bonchev–Trinajstić information content (AvgIpc) is 3.17. The van der Waals surface area contributed by atoms with E-state index in [1.165, 1.54) is 6.92 Å². The van der Waals surface area contributed by atoms with E-state index in [1.807, 2.05) is 16.6 Å². The average molecular weight is 404 g/mol. The van der Waals surface area contributed by atoms with Crippen LogP contribution in [0.5, 0.6) is 0 Å². The minimum atomic E-state index is -0.250. The number of fused-ring (bicyclic) bond motifs is 1. The van der Waals surface area contributed by atoms with Gasteiger partial charge in [0.1, 0.15) is 6.07 Å². The smallest absolute Gasteiger partial charge is 0.290 e. The Balaban J connectivity index is 0.000000941. The van der Waals surface area contributed by atoms with Crippen LogP contribution in [0, 0.1) is 11.3 Å². The van der Waals surface area contributed by atoms with Crippen molar-refractivity contribution in [3.05, 3.63) is 17.5 Å². The first-order valence-electron chi connectivity index (χ1n) is 9.68. The fraction of sp³-hybridized carbons (Fsp3) is 0.632. The number of hydrogen-bond donors (Lipinski definition) is 2. The summed E-state index contributed by atoms with van der Waals surface area (Å²) in [5.41, 5.74) is 1.33. The molecule has 0 spiro atoms. The molecule has 2 amide bonds. The van der Waals surface area contributed by atoms with Gasteiger partial charge in [0, 0.05) is 45.1 Å². The fourth-order valence-electron chi connectivity index (χ4n) is 3.90. The number of amides is 2. The van der Waals surface area contributed by atoms with Crippen LogP contribution in [0.3, 0.4) is 0 Å². The van der Waals surface area contributed by atoms with Gasteiger partial charge in [-0.15, -0.1) is 0 Å². The Kier molecular flexibility index (Phi) is 8.15. The zero-order valence-corrected chi connectivity index (χ0v) is 16.9. The van der Waals surface area contributed by atoms with Crippen LogP contribution < -0.4 is 5.32 Å². The predicted octanol–water partition coefficient (Wildman–Crippen LogP) is 0.177. The van der Waals surface area contributed by atoms with E-state index >= 15 is 0 Å².